The molecule has 2 aromatic carbocycles. The van der Waals surface area contributed by atoms with Crippen molar-refractivity contribution in [3.05, 3.63) is 59.7 Å². The van der Waals surface area contributed by atoms with Crippen LogP contribution in [-0.2, 0) is 6.42 Å². The molecular formula is C18H20N2O. The zero-order valence-electron chi connectivity index (χ0n) is 12.5. The number of hydrogen-bond acceptors (Lipinski definition) is 3. The maximum Gasteiger partial charge on any atom is 0.118 e. The molecule has 0 heterocycles. The Kier molecular flexibility index (Phi) is 5.22. The molecule has 2 rings (SSSR count). The van der Waals surface area contributed by atoms with Crippen LogP contribution in [0.4, 0.5) is 5.69 Å². The quantitative estimate of drug-likeness (QED) is 0.870. The van der Waals surface area contributed by atoms with Gasteiger partial charge in [-0.15, -0.1) is 0 Å². The van der Waals surface area contributed by atoms with E-state index < -0.39 is 0 Å². The molecule has 0 aromatic heterocycles. The van der Waals surface area contributed by atoms with E-state index in [0.29, 0.717) is 11.6 Å². The molecule has 0 saturated carbocycles. The highest BCUT2D eigenvalue weighted by Gasteiger charge is 2.06. The van der Waals surface area contributed by atoms with E-state index in [0.717, 1.165) is 24.3 Å². The number of methoxy groups -OCH3 is 1. The van der Waals surface area contributed by atoms with Gasteiger partial charge < -0.3 is 10.1 Å². The van der Waals surface area contributed by atoms with Crippen LogP contribution in [-0.4, -0.2) is 13.2 Å². The van der Waals surface area contributed by atoms with Gasteiger partial charge >= 0.3 is 0 Å². The number of nitriles is 1. The first-order valence-electron chi connectivity index (χ1n) is 7.11. The molecule has 0 spiro atoms. The normalized spacial score (nSPS) is 11.5. The molecular weight excluding hydrogens is 260 g/mol. The number of aryl methyl sites for hydroxylation is 1. The Balaban J connectivity index is 1.89. The summed E-state index contributed by atoms with van der Waals surface area (Å²) in [5.41, 5.74) is 2.88. The van der Waals surface area contributed by atoms with Crippen molar-refractivity contribution < 1.29 is 4.74 Å². The van der Waals surface area contributed by atoms with E-state index in [2.05, 4.69) is 30.4 Å². The van der Waals surface area contributed by atoms with E-state index in [1.807, 2.05) is 36.4 Å². The Morgan fingerprint density at radius 3 is 2.52 bits per heavy atom. The second-order valence-electron chi connectivity index (χ2n) is 5.09. The largest absolute Gasteiger partial charge is 0.497 e. The third kappa shape index (κ3) is 4.25. The summed E-state index contributed by atoms with van der Waals surface area (Å²) in [5, 5.41) is 12.5. The van der Waals surface area contributed by atoms with E-state index in [1.54, 1.807) is 7.11 Å². The fraction of sp³-hybridized carbons (Fsp3) is 0.278. The summed E-state index contributed by atoms with van der Waals surface area (Å²) in [7, 11) is 1.67. The third-order valence-corrected chi connectivity index (χ3v) is 3.47. The molecule has 2 aromatic rings. The summed E-state index contributed by atoms with van der Waals surface area (Å²) in [6.45, 7) is 2.14. The Bertz CT molecular complexity index is 614. The molecule has 0 aliphatic carbocycles. The summed E-state index contributed by atoms with van der Waals surface area (Å²) >= 11 is 0. The lowest BCUT2D eigenvalue weighted by molar-refractivity contribution is 0.414. The van der Waals surface area contributed by atoms with Crippen molar-refractivity contribution >= 4 is 5.69 Å². The molecule has 0 aliphatic rings. The number of anilines is 1. The van der Waals surface area contributed by atoms with Gasteiger partial charge in [-0.2, -0.15) is 5.26 Å². The highest BCUT2D eigenvalue weighted by molar-refractivity contribution is 5.57. The smallest absolute Gasteiger partial charge is 0.118 e. The number of para-hydroxylation sites is 1. The van der Waals surface area contributed by atoms with Gasteiger partial charge in [-0.05, 0) is 49.6 Å². The monoisotopic (exact) mass is 280 g/mol. The topological polar surface area (TPSA) is 45.0 Å². The van der Waals surface area contributed by atoms with E-state index in [4.69, 9.17) is 10.00 Å². The van der Waals surface area contributed by atoms with Crippen molar-refractivity contribution in [2.75, 3.05) is 12.4 Å². The fourth-order valence-electron chi connectivity index (χ4n) is 2.22. The van der Waals surface area contributed by atoms with Crippen LogP contribution >= 0.6 is 0 Å². The number of benzene rings is 2. The van der Waals surface area contributed by atoms with Gasteiger partial charge in [0, 0.05) is 6.04 Å². The van der Waals surface area contributed by atoms with E-state index >= 15 is 0 Å². The molecule has 3 nitrogen and oxygen atoms in total. The second-order valence-corrected chi connectivity index (χ2v) is 5.09. The average Bonchev–Trinajstić information content (AvgIpc) is 2.54. The lowest BCUT2D eigenvalue weighted by Crippen LogP contribution is -2.16. The molecule has 108 valence electrons. The number of rotatable bonds is 6. The third-order valence-electron chi connectivity index (χ3n) is 3.47. The molecule has 0 aliphatic heterocycles. The fourth-order valence-corrected chi connectivity index (χ4v) is 2.22. The molecule has 0 radical (unpaired) electrons. The van der Waals surface area contributed by atoms with Crippen LogP contribution in [0.25, 0.3) is 0 Å². The van der Waals surface area contributed by atoms with Crippen molar-refractivity contribution in [2.24, 2.45) is 0 Å². The van der Waals surface area contributed by atoms with Crippen molar-refractivity contribution in [3.63, 3.8) is 0 Å². The number of ether oxygens (including phenoxy) is 1. The molecule has 0 bridgehead atoms. The lowest BCUT2D eigenvalue weighted by atomic mass is 10.1. The molecule has 0 amide bonds. The van der Waals surface area contributed by atoms with Gasteiger partial charge in [0.1, 0.15) is 11.8 Å². The molecule has 3 heteroatoms. The first kappa shape index (κ1) is 14.9. The van der Waals surface area contributed by atoms with E-state index in [-0.39, 0.29) is 0 Å². The zero-order chi connectivity index (χ0) is 15.1. The number of hydrogen-bond donors (Lipinski definition) is 1. The first-order chi connectivity index (χ1) is 10.2. The second kappa shape index (κ2) is 7.35. The highest BCUT2D eigenvalue weighted by Crippen LogP contribution is 2.17. The predicted molar refractivity (Wildman–Crippen MR) is 85.6 cm³/mol. The van der Waals surface area contributed by atoms with Crippen LogP contribution in [0.3, 0.4) is 0 Å². The van der Waals surface area contributed by atoms with E-state index in [9.17, 15) is 0 Å². The Hall–Kier alpha value is -2.47. The first-order valence-corrected chi connectivity index (χ1v) is 7.11. The van der Waals surface area contributed by atoms with Crippen LogP contribution < -0.4 is 10.1 Å². The van der Waals surface area contributed by atoms with Gasteiger partial charge in [0.2, 0.25) is 0 Å². The highest BCUT2D eigenvalue weighted by atomic mass is 16.5. The number of nitrogens with one attached hydrogen (secondary N) is 1. The average molecular weight is 280 g/mol. The minimum Gasteiger partial charge on any atom is -0.497 e. The van der Waals surface area contributed by atoms with Crippen molar-refractivity contribution in [2.45, 2.75) is 25.8 Å². The van der Waals surface area contributed by atoms with E-state index in [1.165, 1.54) is 5.56 Å². The molecule has 1 N–H and O–H groups in total. The molecule has 1 atom stereocenters. The summed E-state index contributed by atoms with van der Waals surface area (Å²) in [4.78, 5) is 0. The van der Waals surface area contributed by atoms with Crippen LogP contribution in [0.1, 0.15) is 24.5 Å². The van der Waals surface area contributed by atoms with Crippen molar-refractivity contribution in [1.29, 1.82) is 5.26 Å². The minimum absolute atomic E-state index is 0.307. The van der Waals surface area contributed by atoms with Gasteiger partial charge in [-0.25, -0.2) is 0 Å². The zero-order valence-corrected chi connectivity index (χ0v) is 12.5. The Labute approximate surface area is 126 Å². The maximum absolute atomic E-state index is 9.09. The van der Waals surface area contributed by atoms with Crippen molar-refractivity contribution in [3.8, 4) is 11.8 Å². The SMILES string of the molecule is COc1ccc(CCC(C)Nc2ccccc2C#N)cc1. The summed E-state index contributed by atoms with van der Waals surface area (Å²) in [5.74, 6) is 0.882. The summed E-state index contributed by atoms with van der Waals surface area (Å²) < 4.78 is 5.16. The molecule has 21 heavy (non-hydrogen) atoms. The molecule has 1 unspecified atom stereocenters. The number of nitrogens with zero attached hydrogens (tertiary/aromatic N) is 1. The lowest BCUT2D eigenvalue weighted by Gasteiger charge is -2.16. The maximum atomic E-state index is 9.09. The van der Waals surface area contributed by atoms with Gasteiger partial charge in [-0.1, -0.05) is 24.3 Å². The Morgan fingerprint density at radius 1 is 1.14 bits per heavy atom. The van der Waals surface area contributed by atoms with Crippen LogP contribution in [0.5, 0.6) is 5.75 Å². The van der Waals surface area contributed by atoms with Gasteiger partial charge in [0.25, 0.3) is 0 Å². The molecule has 0 fully saturated rings. The summed E-state index contributed by atoms with van der Waals surface area (Å²) in [6.07, 6.45) is 2.00. The van der Waals surface area contributed by atoms with Crippen LogP contribution in [0.2, 0.25) is 0 Å². The predicted octanol–water partition coefficient (Wildman–Crippen LogP) is 4.00. The minimum atomic E-state index is 0.307. The van der Waals surface area contributed by atoms with Gasteiger partial charge in [-0.3, -0.25) is 0 Å². The van der Waals surface area contributed by atoms with Gasteiger partial charge in [0.15, 0.2) is 0 Å². The van der Waals surface area contributed by atoms with Gasteiger partial charge in [0.05, 0.1) is 18.4 Å². The Morgan fingerprint density at radius 2 is 1.86 bits per heavy atom. The van der Waals surface area contributed by atoms with Crippen molar-refractivity contribution in [1.82, 2.24) is 0 Å². The van der Waals surface area contributed by atoms with Crippen LogP contribution in [0.15, 0.2) is 48.5 Å². The standard InChI is InChI=1S/C18H20N2O/c1-14(20-18-6-4-3-5-16(18)13-19)7-8-15-9-11-17(21-2)12-10-15/h3-6,9-12,14,20H,7-8H2,1-2H3. The molecule has 0 saturated heterocycles. The van der Waals surface area contributed by atoms with Crippen LogP contribution in [0, 0.1) is 11.3 Å². The summed E-state index contributed by atoms with van der Waals surface area (Å²) in [6, 6.07) is 18.3.